The summed E-state index contributed by atoms with van der Waals surface area (Å²) in [6, 6.07) is 5.34. The smallest absolute Gasteiger partial charge is 0.328 e. The van der Waals surface area contributed by atoms with E-state index in [1.54, 1.807) is 18.2 Å². The first-order chi connectivity index (χ1) is 8.47. The van der Waals surface area contributed by atoms with Crippen molar-refractivity contribution in [2.45, 2.75) is 6.92 Å². The van der Waals surface area contributed by atoms with Gasteiger partial charge in [-0.25, -0.2) is 9.78 Å². The second kappa shape index (κ2) is 4.96. The van der Waals surface area contributed by atoms with Gasteiger partial charge < -0.3 is 5.11 Å². The molecule has 0 saturated heterocycles. The van der Waals surface area contributed by atoms with Crippen molar-refractivity contribution in [3.05, 3.63) is 45.6 Å². The molecule has 3 nitrogen and oxygen atoms in total. The van der Waals surface area contributed by atoms with E-state index in [1.165, 1.54) is 6.08 Å². The summed E-state index contributed by atoms with van der Waals surface area (Å²) in [5, 5.41) is 10.3. The molecule has 0 atom stereocenters. The zero-order valence-electron chi connectivity index (χ0n) is 9.45. The third kappa shape index (κ3) is 2.63. The van der Waals surface area contributed by atoms with Crippen molar-refractivity contribution in [1.82, 2.24) is 4.98 Å². The first kappa shape index (κ1) is 12.9. The minimum Gasteiger partial charge on any atom is -0.478 e. The maximum absolute atomic E-state index is 10.5. The molecule has 0 aliphatic carbocycles. The summed E-state index contributed by atoms with van der Waals surface area (Å²) in [4.78, 5) is 14.7. The molecular weight excluding hydrogens is 273 g/mol. The van der Waals surface area contributed by atoms with Crippen LogP contribution in [0.2, 0.25) is 10.2 Å². The Morgan fingerprint density at radius 1 is 1.33 bits per heavy atom. The lowest BCUT2D eigenvalue weighted by Crippen LogP contribution is -1.90. The van der Waals surface area contributed by atoms with Crippen LogP contribution in [0.5, 0.6) is 0 Å². The third-order valence-electron chi connectivity index (χ3n) is 2.46. The molecule has 0 unspecified atom stereocenters. The number of aryl methyl sites for hydroxylation is 1. The van der Waals surface area contributed by atoms with Gasteiger partial charge in [0.1, 0.15) is 5.15 Å². The predicted molar refractivity (Wildman–Crippen MR) is 73.2 cm³/mol. The molecule has 0 aliphatic heterocycles. The third-order valence-corrected chi connectivity index (χ3v) is 2.98. The van der Waals surface area contributed by atoms with Gasteiger partial charge in [0.25, 0.3) is 0 Å². The van der Waals surface area contributed by atoms with E-state index < -0.39 is 5.97 Å². The van der Waals surface area contributed by atoms with Crippen LogP contribution in [0.3, 0.4) is 0 Å². The summed E-state index contributed by atoms with van der Waals surface area (Å²) in [5.74, 6) is -1.03. The molecule has 0 radical (unpaired) electrons. The highest BCUT2D eigenvalue weighted by Crippen LogP contribution is 2.26. The van der Waals surface area contributed by atoms with Gasteiger partial charge in [-0.2, -0.15) is 0 Å². The van der Waals surface area contributed by atoms with Crippen molar-refractivity contribution in [1.29, 1.82) is 0 Å². The van der Waals surface area contributed by atoms with Crippen molar-refractivity contribution in [2.24, 2.45) is 0 Å². The number of hydrogen-bond donors (Lipinski definition) is 1. The van der Waals surface area contributed by atoms with Crippen molar-refractivity contribution >= 4 is 46.2 Å². The number of benzene rings is 1. The van der Waals surface area contributed by atoms with Crippen molar-refractivity contribution in [2.75, 3.05) is 0 Å². The van der Waals surface area contributed by atoms with Crippen molar-refractivity contribution < 1.29 is 9.90 Å². The fourth-order valence-electron chi connectivity index (χ4n) is 1.69. The molecule has 1 aromatic carbocycles. The van der Waals surface area contributed by atoms with Gasteiger partial charge in [0.05, 0.1) is 5.52 Å². The van der Waals surface area contributed by atoms with Crippen LogP contribution in [0, 0.1) is 6.92 Å². The highest BCUT2D eigenvalue weighted by molar-refractivity contribution is 6.32. The zero-order chi connectivity index (χ0) is 13.3. The Bertz CT molecular complexity index is 666. The minimum atomic E-state index is -1.03. The molecule has 0 fully saturated rings. The molecule has 0 amide bonds. The van der Waals surface area contributed by atoms with Gasteiger partial charge in [0.2, 0.25) is 0 Å². The normalized spacial score (nSPS) is 11.3. The Labute approximate surface area is 114 Å². The molecule has 92 valence electrons. The second-order valence-electron chi connectivity index (χ2n) is 3.83. The number of nitrogens with zero attached hydrogens (tertiary/aromatic N) is 1. The monoisotopic (exact) mass is 281 g/mol. The predicted octanol–water partition coefficient (Wildman–Crippen LogP) is 3.95. The van der Waals surface area contributed by atoms with Crippen LogP contribution in [-0.4, -0.2) is 16.1 Å². The lowest BCUT2D eigenvalue weighted by Gasteiger charge is -2.05. The summed E-state index contributed by atoms with van der Waals surface area (Å²) in [6.45, 7) is 1.89. The van der Waals surface area contributed by atoms with E-state index in [2.05, 4.69) is 4.98 Å². The number of carboxylic acids is 1. The molecule has 2 aromatic rings. The van der Waals surface area contributed by atoms with E-state index in [0.717, 1.165) is 22.5 Å². The van der Waals surface area contributed by atoms with Crippen LogP contribution in [0.1, 0.15) is 11.1 Å². The highest BCUT2D eigenvalue weighted by Gasteiger charge is 2.06. The lowest BCUT2D eigenvalue weighted by molar-refractivity contribution is -0.131. The summed E-state index contributed by atoms with van der Waals surface area (Å²) in [7, 11) is 0. The number of halogens is 2. The number of carbonyl (C=O) groups is 1. The minimum absolute atomic E-state index is 0.269. The summed E-state index contributed by atoms with van der Waals surface area (Å²) < 4.78 is 0. The molecule has 2 rings (SSSR count). The zero-order valence-corrected chi connectivity index (χ0v) is 11.0. The number of pyridine rings is 1. The highest BCUT2D eigenvalue weighted by atomic mass is 35.5. The lowest BCUT2D eigenvalue weighted by atomic mass is 10.1. The molecule has 18 heavy (non-hydrogen) atoms. The molecule has 0 spiro atoms. The Morgan fingerprint density at radius 3 is 2.72 bits per heavy atom. The summed E-state index contributed by atoms with van der Waals surface area (Å²) in [5.41, 5.74) is 2.23. The van der Waals surface area contributed by atoms with Gasteiger partial charge in [-0.1, -0.05) is 23.2 Å². The maximum atomic E-state index is 10.5. The molecule has 0 saturated carbocycles. The SMILES string of the molecule is Cc1cc(Cl)cc2cc(/C=C/C(=O)O)c(Cl)nc12. The molecule has 1 N–H and O–H groups in total. The molecule has 5 heteroatoms. The van der Waals surface area contributed by atoms with Gasteiger partial charge in [-0.05, 0) is 36.8 Å². The van der Waals surface area contributed by atoms with Gasteiger partial charge in [-0.15, -0.1) is 0 Å². The standard InChI is InChI=1S/C13H9Cl2NO2/c1-7-4-10(14)6-9-5-8(2-3-11(17)18)13(15)16-12(7)9/h2-6H,1H3,(H,17,18)/b3-2+. The average molecular weight is 282 g/mol. The molecule has 1 heterocycles. The van der Waals surface area contributed by atoms with Gasteiger partial charge in [0.15, 0.2) is 0 Å². The number of carboxylic acid groups (broad SMARTS) is 1. The Hall–Kier alpha value is -1.58. The maximum Gasteiger partial charge on any atom is 0.328 e. The summed E-state index contributed by atoms with van der Waals surface area (Å²) in [6.07, 6.45) is 2.43. The fourth-order valence-corrected chi connectivity index (χ4v) is 2.18. The van der Waals surface area contributed by atoms with E-state index in [9.17, 15) is 4.79 Å². The van der Waals surface area contributed by atoms with Crippen molar-refractivity contribution in [3.8, 4) is 0 Å². The Kier molecular flexibility index (Phi) is 3.55. The Morgan fingerprint density at radius 2 is 2.06 bits per heavy atom. The van der Waals surface area contributed by atoms with E-state index in [-0.39, 0.29) is 5.15 Å². The van der Waals surface area contributed by atoms with Crippen LogP contribution in [0.4, 0.5) is 0 Å². The summed E-state index contributed by atoms with van der Waals surface area (Å²) >= 11 is 12.0. The van der Waals surface area contributed by atoms with Crippen LogP contribution in [0.15, 0.2) is 24.3 Å². The average Bonchev–Trinajstić information content (AvgIpc) is 2.27. The van der Waals surface area contributed by atoms with E-state index >= 15 is 0 Å². The van der Waals surface area contributed by atoms with E-state index in [0.29, 0.717) is 10.6 Å². The number of rotatable bonds is 2. The van der Waals surface area contributed by atoms with Crippen LogP contribution in [0.25, 0.3) is 17.0 Å². The van der Waals surface area contributed by atoms with Gasteiger partial charge in [-0.3, -0.25) is 0 Å². The van der Waals surface area contributed by atoms with Crippen LogP contribution < -0.4 is 0 Å². The number of aromatic nitrogens is 1. The first-order valence-corrected chi connectivity index (χ1v) is 5.90. The second-order valence-corrected chi connectivity index (χ2v) is 4.63. The molecule has 0 bridgehead atoms. The topological polar surface area (TPSA) is 50.2 Å². The quantitative estimate of drug-likeness (QED) is 0.670. The largest absolute Gasteiger partial charge is 0.478 e. The van der Waals surface area contributed by atoms with Gasteiger partial charge >= 0.3 is 5.97 Å². The number of hydrogen-bond acceptors (Lipinski definition) is 2. The fraction of sp³-hybridized carbons (Fsp3) is 0.0769. The van der Waals surface area contributed by atoms with Crippen LogP contribution >= 0.6 is 23.2 Å². The molecular formula is C13H9Cl2NO2. The van der Waals surface area contributed by atoms with Gasteiger partial charge in [0, 0.05) is 22.0 Å². The Balaban J connectivity index is 2.64. The first-order valence-electron chi connectivity index (χ1n) is 5.15. The van der Waals surface area contributed by atoms with Crippen molar-refractivity contribution in [3.63, 3.8) is 0 Å². The number of fused-ring (bicyclic) bond motifs is 1. The number of aliphatic carboxylic acids is 1. The van der Waals surface area contributed by atoms with E-state index in [4.69, 9.17) is 28.3 Å². The van der Waals surface area contributed by atoms with E-state index in [1.807, 2.05) is 6.92 Å². The molecule has 0 aliphatic rings. The van der Waals surface area contributed by atoms with Crippen LogP contribution in [-0.2, 0) is 4.79 Å². The molecule has 1 aromatic heterocycles.